The number of hydrogen-bond donors (Lipinski definition) is 1. The van der Waals surface area contributed by atoms with Crippen LogP contribution >= 0.6 is 0 Å². The molecule has 0 aromatic rings. The van der Waals surface area contributed by atoms with Gasteiger partial charge in [0, 0.05) is 17.0 Å². The lowest BCUT2D eigenvalue weighted by Crippen LogP contribution is -2.41. The summed E-state index contributed by atoms with van der Waals surface area (Å²) in [7, 11) is 0. The van der Waals surface area contributed by atoms with Crippen LogP contribution in [0, 0.1) is 12.3 Å². The van der Waals surface area contributed by atoms with Crippen molar-refractivity contribution in [3.8, 4) is 0 Å². The molecule has 107 valence electrons. The van der Waals surface area contributed by atoms with Crippen LogP contribution < -0.4 is 5.32 Å². The molecule has 0 rings (SSSR count). The Labute approximate surface area is 114 Å². The SMILES string of the molecule is [CH2]C(C)(C)NC(=O)C/C(=C/C(=O)C(C)(C)C)OC=O. The van der Waals surface area contributed by atoms with E-state index in [2.05, 4.69) is 17.0 Å². The average molecular weight is 268 g/mol. The van der Waals surface area contributed by atoms with Crippen LogP contribution in [0.15, 0.2) is 11.8 Å². The molecular weight excluding hydrogens is 246 g/mol. The zero-order valence-electron chi connectivity index (χ0n) is 12.2. The first kappa shape index (κ1) is 17.4. The summed E-state index contributed by atoms with van der Waals surface area (Å²) in [5, 5.41) is 2.62. The number of ether oxygens (including phenoxy) is 1. The number of amides is 1. The molecule has 0 aliphatic heterocycles. The van der Waals surface area contributed by atoms with E-state index in [1.807, 2.05) is 0 Å². The number of carbonyl (C=O) groups is 3. The number of ketones is 1. The highest BCUT2D eigenvalue weighted by Crippen LogP contribution is 2.17. The summed E-state index contributed by atoms with van der Waals surface area (Å²) < 4.78 is 4.67. The molecule has 0 saturated carbocycles. The highest BCUT2D eigenvalue weighted by Gasteiger charge is 2.22. The summed E-state index contributed by atoms with van der Waals surface area (Å²) in [4.78, 5) is 33.9. The van der Waals surface area contributed by atoms with E-state index >= 15 is 0 Å². The Kier molecular flexibility index (Phi) is 5.93. The van der Waals surface area contributed by atoms with Crippen molar-refractivity contribution in [2.24, 2.45) is 5.41 Å². The Morgan fingerprint density at radius 2 is 1.74 bits per heavy atom. The van der Waals surface area contributed by atoms with Crippen LogP contribution in [0.3, 0.4) is 0 Å². The zero-order valence-corrected chi connectivity index (χ0v) is 12.2. The molecule has 0 heterocycles. The molecule has 1 N–H and O–H groups in total. The summed E-state index contributed by atoms with van der Waals surface area (Å²) in [5.41, 5.74) is -1.23. The minimum atomic E-state index is -0.628. The lowest BCUT2D eigenvalue weighted by Gasteiger charge is -2.20. The summed E-state index contributed by atoms with van der Waals surface area (Å²) in [6, 6.07) is 0. The van der Waals surface area contributed by atoms with Crippen LogP contribution in [0.25, 0.3) is 0 Å². The Hall–Kier alpha value is -1.65. The Morgan fingerprint density at radius 3 is 2.11 bits per heavy atom. The first-order chi connectivity index (χ1) is 8.45. The van der Waals surface area contributed by atoms with Crippen molar-refractivity contribution in [1.29, 1.82) is 0 Å². The van der Waals surface area contributed by atoms with Crippen LogP contribution in [0.5, 0.6) is 0 Å². The van der Waals surface area contributed by atoms with Crippen molar-refractivity contribution in [3.05, 3.63) is 18.8 Å². The number of nitrogens with one attached hydrogen (secondary N) is 1. The molecule has 0 aliphatic carbocycles. The second kappa shape index (κ2) is 6.50. The number of hydrogen-bond acceptors (Lipinski definition) is 4. The van der Waals surface area contributed by atoms with E-state index in [1.54, 1.807) is 34.6 Å². The van der Waals surface area contributed by atoms with Crippen molar-refractivity contribution in [3.63, 3.8) is 0 Å². The zero-order chi connectivity index (χ0) is 15.3. The van der Waals surface area contributed by atoms with Crippen molar-refractivity contribution in [2.45, 2.75) is 46.6 Å². The number of rotatable bonds is 6. The minimum absolute atomic E-state index is 0.0247. The number of allylic oxidation sites excluding steroid dienone is 1. The number of carbonyl (C=O) groups excluding carboxylic acids is 3. The van der Waals surface area contributed by atoms with E-state index in [-0.39, 0.29) is 30.3 Å². The van der Waals surface area contributed by atoms with Gasteiger partial charge < -0.3 is 10.1 Å². The van der Waals surface area contributed by atoms with Gasteiger partial charge in [0.25, 0.3) is 6.47 Å². The van der Waals surface area contributed by atoms with Crippen molar-refractivity contribution >= 4 is 18.2 Å². The fraction of sp³-hybridized carbons (Fsp3) is 0.571. The summed E-state index contributed by atoms with van der Waals surface area (Å²) in [6.07, 6.45) is 1.00. The lowest BCUT2D eigenvalue weighted by molar-refractivity contribution is -0.127. The van der Waals surface area contributed by atoms with Gasteiger partial charge in [0.15, 0.2) is 5.78 Å². The van der Waals surface area contributed by atoms with Gasteiger partial charge in [0.2, 0.25) is 5.91 Å². The molecule has 0 bridgehead atoms. The first-order valence-corrected chi connectivity index (χ1v) is 5.97. The van der Waals surface area contributed by atoms with Gasteiger partial charge in [-0.25, -0.2) is 0 Å². The molecule has 0 saturated heterocycles. The van der Waals surface area contributed by atoms with E-state index in [0.29, 0.717) is 0 Å². The molecule has 1 radical (unpaired) electrons. The first-order valence-electron chi connectivity index (χ1n) is 5.97. The van der Waals surface area contributed by atoms with Crippen LogP contribution in [-0.2, 0) is 19.1 Å². The van der Waals surface area contributed by atoms with Gasteiger partial charge in [-0.2, -0.15) is 0 Å². The largest absolute Gasteiger partial charge is 0.433 e. The summed E-state index contributed by atoms with van der Waals surface area (Å²) in [5.74, 6) is -0.558. The second-order valence-electron chi connectivity index (χ2n) is 6.05. The fourth-order valence-corrected chi connectivity index (χ4v) is 1.13. The molecule has 5 heteroatoms. The summed E-state index contributed by atoms with van der Waals surface area (Å²) in [6.45, 7) is 12.6. The van der Waals surface area contributed by atoms with Gasteiger partial charge in [-0.05, 0) is 20.8 Å². The molecular formula is C14H22NO4. The van der Waals surface area contributed by atoms with E-state index in [1.165, 1.54) is 6.08 Å². The van der Waals surface area contributed by atoms with Crippen molar-refractivity contribution < 1.29 is 19.1 Å². The monoisotopic (exact) mass is 268 g/mol. The normalized spacial score (nSPS) is 12.8. The molecule has 5 nitrogen and oxygen atoms in total. The standard InChI is InChI=1S/C14H22NO4/c1-13(2,3)11(17)7-10(19-9-16)8-12(18)15-14(4,5)6/h7,9H,4,8H2,1-3,5-6H3,(H,15,18)/b10-7-. The molecule has 1 amide bonds. The molecule has 0 aromatic carbocycles. The maximum absolute atomic E-state index is 11.8. The lowest BCUT2D eigenvalue weighted by atomic mass is 9.90. The molecule has 0 aliphatic rings. The van der Waals surface area contributed by atoms with E-state index in [4.69, 9.17) is 0 Å². The highest BCUT2D eigenvalue weighted by atomic mass is 16.5. The van der Waals surface area contributed by atoms with Gasteiger partial charge in [-0.15, -0.1) is 0 Å². The fourth-order valence-electron chi connectivity index (χ4n) is 1.13. The van der Waals surface area contributed by atoms with Gasteiger partial charge >= 0.3 is 0 Å². The molecule has 0 spiro atoms. The van der Waals surface area contributed by atoms with Crippen LogP contribution in [-0.4, -0.2) is 23.7 Å². The topological polar surface area (TPSA) is 72.5 Å². The second-order valence-corrected chi connectivity index (χ2v) is 6.05. The van der Waals surface area contributed by atoms with E-state index in [9.17, 15) is 14.4 Å². The third-order valence-corrected chi connectivity index (χ3v) is 2.04. The van der Waals surface area contributed by atoms with Crippen LogP contribution in [0.4, 0.5) is 0 Å². The third-order valence-electron chi connectivity index (χ3n) is 2.04. The molecule has 0 fully saturated rings. The van der Waals surface area contributed by atoms with Gasteiger partial charge in [0.1, 0.15) is 5.76 Å². The predicted octanol–water partition coefficient (Wildman–Crippen LogP) is 1.78. The highest BCUT2D eigenvalue weighted by molar-refractivity contribution is 5.95. The molecule has 19 heavy (non-hydrogen) atoms. The Bertz CT molecular complexity index is 383. The molecule has 0 atom stereocenters. The summed E-state index contributed by atoms with van der Waals surface area (Å²) >= 11 is 0. The average Bonchev–Trinajstić information content (AvgIpc) is 2.12. The van der Waals surface area contributed by atoms with Crippen LogP contribution in [0.2, 0.25) is 0 Å². The third kappa shape index (κ3) is 8.13. The Morgan fingerprint density at radius 1 is 1.21 bits per heavy atom. The molecule has 0 unspecified atom stereocenters. The van der Waals surface area contributed by atoms with Gasteiger partial charge in [-0.3, -0.25) is 14.4 Å². The maximum atomic E-state index is 11.8. The maximum Gasteiger partial charge on any atom is 0.298 e. The van der Waals surface area contributed by atoms with Crippen molar-refractivity contribution in [1.82, 2.24) is 5.32 Å². The van der Waals surface area contributed by atoms with E-state index < -0.39 is 11.0 Å². The van der Waals surface area contributed by atoms with E-state index in [0.717, 1.165) is 0 Å². The predicted molar refractivity (Wildman–Crippen MR) is 71.9 cm³/mol. The van der Waals surface area contributed by atoms with Gasteiger partial charge in [0.05, 0.1) is 6.42 Å². The smallest absolute Gasteiger partial charge is 0.298 e. The quantitative estimate of drug-likeness (QED) is 0.453. The van der Waals surface area contributed by atoms with Crippen LogP contribution in [0.1, 0.15) is 41.0 Å². The minimum Gasteiger partial charge on any atom is -0.433 e. The molecule has 0 aromatic heterocycles. The Balaban J connectivity index is 4.85. The van der Waals surface area contributed by atoms with Gasteiger partial charge in [-0.1, -0.05) is 20.8 Å². The van der Waals surface area contributed by atoms with Crippen molar-refractivity contribution in [2.75, 3.05) is 0 Å².